The van der Waals surface area contributed by atoms with Crippen LogP contribution in [0.4, 0.5) is 0 Å². The summed E-state index contributed by atoms with van der Waals surface area (Å²) in [5.41, 5.74) is 0. The van der Waals surface area contributed by atoms with Gasteiger partial charge in [-0.3, -0.25) is 0 Å². The molecular weight excluding hydrogens is 124 g/mol. The molecule has 0 aromatic heterocycles. The molecule has 0 amide bonds. The highest BCUT2D eigenvalue weighted by molar-refractivity contribution is 5.02. The number of hydrogen-bond donors (Lipinski definition) is 1. The first-order valence-electron chi connectivity index (χ1n) is 3.79. The van der Waals surface area contributed by atoms with Crippen LogP contribution in [-0.2, 0) is 0 Å². The van der Waals surface area contributed by atoms with Gasteiger partial charge < -0.3 is 5.11 Å². The smallest absolute Gasteiger partial charge is 0.111 e. The Morgan fingerprint density at radius 3 is 2.30 bits per heavy atom. The molecule has 0 aliphatic heterocycles. The van der Waals surface area contributed by atoms with Crippen molar-refractivity contribution in [2.24, 2.45) is 5.92 Å². The summed E-state index contributed by atoms with van der Waals surface area (Å²) in [5.74, 6) is 6.33. The average Bonchev–Trinajstić information content (AvgIpc) is 1.79. The van der Waals surface area contributed by atoms with E-state index in [1.54, 1.807) is 6.92 Å². The number of hydrogen-bond acceptors (Lipinski definition) is 1. The molecule has 58 valence electrons. The standard InChI is InChI=1S/C9H16O/c1-8(2)6-4-5-7-9(3)10/h8-10H,4,6H2,1-3H3. The van der Waals surface area contributed by atoms with Crippen molar-refractivity contribution in [3.05, 3.63) is 0 Å². The van der Waals surface area contributed by atoms with Gasteiger partial charge in [0.05, 0.1) is 0 Å². The zero-order valence-electron chi connectivity index (χ0n) is 7.02. The highest BCUT2D eigenvalue weighted by Gasteiger charge is 1.89. The van der Waals surface area contributed by atoms with Gasteiger partial charge in [-0.1, -0.05) is 19.8 Å². The van der Waals surface area contributed by atoms with E-state index >= 15 is 0 Å². The quantitative estimate of drug-likeness (QED) is 0.580. The van der Waals surface area contributed by atoms with E-state index in [2.05, 4.69) is 25.7 Å². The summed E-state index contributed by atoms with van der Waals surface area (Å²) < 4.78 is 0. The lowest BCUT2D eigenvalue weighted by molar-refractivity contribution is 0.253. The third-order valence-corrected chi connectivity index (χ3v) is 1.16. The van der Waals surface area contributed by atoms with E-state index in [0.29, 0.717) is 5.92 Å². The molecule has 0 aliphatic carbocycles. The van der Waals surface area contributed by atoms with E-state index in [0.717, 1.165) is 12.8 Å². The van der Waals surface area contributed by atoms with Gasteiger partial charge in [0.25, 0.3) is 0 Å². The van der Waals surface area contributed by atoms with Crippen molar-refractivity contribution in [2.45, 2.75) is 39.7 Å². The van der Waals surface area contributed by atoms with Gasteiger partial charge in [-0.05, 0) is 19.3 Å². The zero-order chi connectivity index (χ0) is 7.98. The van der Waals surface area contributed by atoms with Crippen LogP contribution in [0.25, 0.3) is 0 Å². The summed E-state index contributed by atoms with van der Waals surface area (Å²) in [4.78, 5) is 0. The van der Waals surface area contributed by atoms with Crippen molar-refractivity contribution in [3.63, 3.8) is 0 Å². The van der Waals surface area contributed by atoms with E-state index in [4.69, 9.17) is 5.11 Å². The van der Waals surface area contributed by atoms with E-state index in [1.807, 2.05) is 0 Å². The molecule has 1 unspecified atom stereocenters. The van der Waals surface area contributed by atoms with E-state index in [1.165, 1.54) is 0 Å². The van der Waals surface area contributed by atoms with E-state index < -0.39 is 6.10 Å². The van der Waals surface area contributed by atoms with Crippen LogP contribution in [0, 0.1) is 17.8 Å². The fraction of sp³-hybridized carbons (Fsp3) is 0.778. The maximum atomic E-state index is 8.74. The lowest BCUT2D eigenvalue weighted by atomic mass is 10.1. The molecule has 0 radical (unpaired) electrons. The second-order valence-electron chi connectivity index (χ2n) is 2.93. The predicted octanol–water partition coefficient (Wildman–Crippen LogP) is 1.81. The summed E-state index contributed by atoms with van der Waals surface area (Å²) in [6.07, 6.45) is 1.56. The maximum Gasteiger partial charge on any atom is 0.111 e. The third kappa shape index (κ3) is 7.52. The SMILES string of the molecule is CC(O)C#CCCC(C)C. The summed E-state index contributed by atoms with van der Waals surface area (Å²) >= 11 is 0. The predicted molar refractivity (Wildman–Crippen MR) is 43.5 cm³/mol. The Balaban J connectivity index is 3.29. The summed E-state index contributed by atoms with van der Waals surface area (Å²) in [6, 6.07) is 0. The first kappa shape index (κ1) is 9.52. The Morgan fingerprint density at radius 2 is 1.90 bits per heavy atom. The molecule has 0 aromatic carbocycles. The highest BCUT2D eigenvalue weighted by Crippen LogP contribution is 2.01. The molecule has 1 N–H and O–H groups in total. The van der Waals surface area contributed by atoms with Crippen LogP contribution in [-0.4, -0.2) is 11.2 Å². The van der Waals surface area contributed by atoms with Crippen LogP contribution in [0.5, 0.6) is 0 Å². The molecule has 0 aromatic rings. The first-order chi connectivity index (χ1) is 4.63. The lowest BCUT2D eigenvalue weighted by Crippen LogP contribution is -1.92. The molecule has 0 saturated carbocycles. The molecule has 0 rings (SSSR count). The molecule has 1 heteroatoms. The van der Waals surface area contributed by atoms with Crippen LogP contribution < -0.4 is 0 Å². The Kier molecular flexibility index (Phi) is 5.06. The minimum atomic E-state index is -0.466. The second-order valence-corrected chi connectivity index (χ2v) is 2.93. The molecule has 0 saturated heterocycles. The highest BCUT2D eigenvalue weighted by atomic mass is 16.3. The fourth-order valence-electron chi connectivity index (χ4n) is 0.581. The first-order valence-corrected chi connectivity index (χ1v) is 3.79. The number of aliphatic hydroxyl groups excluding tert-OH is 1. The zero-order valence-corrected chi connectivity index (χ0v) is 7.02. The second kappa shape index (κ2) is 5.32. The van der Waals surface area contributed by atoms with Crippen LogP contribution in [0.15, 0.2) is 0 Å². The monoisotopic (exact) mass is 140 g/mol. The van der Waals surface area contributed by atoms with Gasteiger partial charge in [-0.15, -0.1) is 5.92 Å². The molecule has 0 heterocycles. The Bertz CT molecular complexity index is 125. The Hall–Kier alpha value is -0.480. The molecule has 1 atom stereocenters. The van der Waals surface area contributed by atoms with E-state index in [9.17, 15) is 0 Å². The Morgan fingerprint density at radius 1 is 1.30 bits per heavy atom. The van der Waals surface area contributed by atoms with Crippen molar-refractivity contribution in [1.82, 2.24) is 0 Å². The van der Waals surface area contributed by atoms with Gasteiger partial charge in [-0.2, -0.15) is 0 Å². The van der Waals surface area contributed by atoms with Gasteiger partial charge >= 0.3 is 0 Å². The van der Waals surface area contributed by atoms with E-state index in [-0.39, 0.29) is 0 Å². The molecule has 1 nitrogen and oxygen atoms in total. The molecule has 10 heavy (non-hydrogen) atoms. The minimum absolute atomic E-state index is 0.466. The third-order valence-electron chi connectivity index (χ3n) is 1.16. The molecular formula is C9H16O. The van der Waals surface area contributed by atoms with Gasteiger partial charge in [-0.25, -0.2) is 0 Å². The van der Waals surface area contributed by atoms with Crippen molar-refractivity contribution < 1.29 is 5.11 Å². The van der Waals surface area contributed by atoms with Crippen LogP contribution in [0.1, 0.15) is 33.6 Å². The van der Waals surface area contributed by atoms with Crippen molar-refractivity contribution in [3.8, 4) is 11.8 Å². The van der Waals surface area contributed by atoms with Gasteiger partial charge in [0, 0.05) is 6.42 Å². The normalized spacial score (nSPS) is 12.5. The number of aliphatic hydroxyl groups is 1. The average molecular weight is 140 g/mol. The largest absolute Gasteiger partial charge is 0.381 e. The Labute approximate surface area is 63.5 Å². The molecule has 0 aliphatic rings. The summed E-state index contributed by atoms with van der Waals surface area (Å²) in [6.45, 7) is 6.02. The van der Waals surface area contributed by atoms with Crippen molar-refractivity contribution in [2.75, 3.05) is 0 Å². The number of rotatable bonds is 2. The van der Waals surface area contributed by atoms with Gasteiger partial charge in [0.15, 0.2) is 0 Å². The van der Waals surface area contributed by atoms with Crippen LogP contribution >= 0.6 is 0 Å². The lowest BCUT2D eigenvalue weighted by Gasteiger charge is -1.97. The summed E-state index contributed by atoms with van der Waals surface area (Å²) in [5, 5.41) is 8.74. The van der Waals surface area contributed by atoms with Gasteiger partial charge in [0.2, 0.25) is 0 Å². The maximum absolute atomic E-state index is 8.74. The fourth-order valence-corrected chi connectivity index (χ4v) is 0.581. The molecule has 0 bridgehead atoms. The topological polar surface area (TPSA) is 20.2 Å². The van der Waals surface area contributed by atoms with Crippen molar-refractivity contribution >= 4 is 0 Å². The molecule has 0 spiro atoms. The molecule has 0 fully saturated rings. The van der Waals surface area contributed by atoms with Gasteiger partial charge in [0.1, 0.15) is 6.10 Å². The summed E-state index contributed by atoms with van der Waals surface area (Å²) in [7, 11) is 0. The van der Waals surface area contributed by atoms with Crippen LogP contribution in [0.2, 0.25) is 0 Å². The minimum Gasteiger partial charge on any atom is -0.381 e. The van der Waals surface area contributed by atoms with Crippen LogP contribution in [0.3, 0.4) is 0 Å². The van der Waals surface area contributed by atoms with Crippen molar-refractivity contribution in [1.29, 1.82) is 0 Å².